The molecule has 1 aliphatic heterocycles. The molecule has 0 unspecified atom stereocenters. The minimum atomic E-state index is -3.90. The summed E-state index contributed by atoms with van der Waals surface area (Å²) in [6, 6.07) is 18.8. The highest BCUT2D eigenvalue weighted by Crippen LogP contribution is 2.47. The third-order valence-electron chi connectivity index (χ3n) is 5.36. The Morgan fingerprint density at radius 3 is 2.43 bits per heavy atom. The molecule has 0 aliphatic carbocycles. The monoisotopic (exact) mass is 423 g/mol. The lowest BCUT2D eigenvalue weighted by atomic mass is 9.70. The molecule has 0 saturated heterocycles. The summed E-state index contributed by atoms with van der Waals surface area (Å²) in [5.41, 5.74) is 2.51. The zero-order valence-corrected chi connectivity index (χ0v) is 17.5. The minimum absolute atomic E-state index is 0.176. The molecule has 1 aromatic heterocycles. The lowest BCUT2D eigenvalue weighted by Crippen LogP contribution is -2.36. The van der Waals surface area contributed by atoms with Crippen molar-refractivity contribution in [2.75, 3.05) is 6.26 Å². The molecule has 0 radical (unpaired) electrons. The van der Waals surface area contributed by atoms with E-state index in [1.54, 1.807) is 0 Å². The van der Waals surface area contributed by atoms with Crippen LogP contribution in [0.15, 0.2) is 81.1 Å². The molecule has 3 aromatic rings. The van der Waals surface area contributed by atoms with Crippen molar-refractivity contribution in [3.8, 4) is 5.75 Å². The van der Waals surface area contributed by atoms with Crippen LogP contribution in [-0.4, -0.2) is 20.4 Å². The number of benzene rings is 2. The minimum Gasteiger partial charge on any atom is -0.465 e. The van der Waals surface area contributed by atoms with Gasteiger partial charge in [-0.2, -0.15) is 8.42 Å². The van der Waals surface area contributed by atoms with Crippen LogP contribution in [0.5, 0.6) is 5.75 Å². The molecular formula is C23H21NO5S. The van der Waals surface area contributed by atoms with Crippen LogP contribution in [0.4, 0.5) is 5.69 Å². The fourth-order valence-corrected chi connectivity index (χ4v) is 4.49. The third-order valence-corrected chi connectivity index (χ3v) is 5.83. The molecule has 7 heteroatoms. The van der Waals surface area contributed by atoms with Gasteiger partial charge in [0.1, 0.15) is 0 Å². The normalized spacial score (nSPS) is 18.0. The van der Waals surface area contributed by atoms with Gasteiger partial charge in [-0.05, 0) is 23.6 Å². The van der Waals surface area contributed by atoms with Crippen LogP contribution in [0.2, 0.25) is 0 Å². The predicted molar refractivity (Wildman–Crippen MR) is 115 cm³/mol. The van der Waals surface area contributed by atoms with Crippen LogP contribution < -0.4 is 9.61 Å². The summed E-state index contributed by atoms with van der Waals surface area (Å²) >= 11 is 0. The number of fused-ring (bicyclic) bond motifs is 1. The molecule has 1 aliphatic rings. The first-order valence-corrected chi connectivity index (χ1v) is 11.4. The summed E-state index contributed by atoms with van der Waals surface area (Å²) in [6.45, 7) is 2.04. The van der Waals surface area contributed by atoms with Crippen molar-refractivity contribution in [2.45, 2.75) is 25.2 Å². The van der Waals surface area contributed by atoms with Gasteiger partial charge in [0.25, 0.3) is 0 Å². The Morgan fingerprint density at radius 1 is 1.03 bits per heavy atom. The van der Waals surface area contributed by atoms with Crippen molar-refractivity contribution in [1.82, 2.24) is 0 Å². The van der Waals surface area contributed by atoms with Crippen LogP contribution in [0.25, 0.3) is 0 Å². The Hall–Kier alpha value is -3.19. The fraction of sp³-hybridized carbons (Fsp3) is 0.217. The van der Waals surface area contributed by atoms with Gasteiger partial charge in [0.05, 0.1) is 23.9 Å². The Labute approximate surface area is 175 Å². The first-order chi connectivity index (χ1) is 14.3. The van der Waals surface area contributed by atoms with Gasteiger partial charge in [0, 0.05) is 17.9 Å². The first kappa shape index (κ1) is 20.1. The topological polar surface area (TPSA) is 85.9 Å². The van der Waals surface area contributed by atoms with Crippen LogP contribution in [-0.2, 0) is 22.0 Å². The summed E-state index contributed by atoms with van der Waals surface area (Å²) in [4.78, 5) is 17.3. The van der Waals surface area contributed by atoms with Crippen molar-refractivity contribution in [2.24, 2.45) is 4.99 Å². The maximum atomic E-state index is 12.4. The predicted octanol–water partition coefficient (Wildman–Crippen LogP) is 4.00. The van der Waals surface area contributed by atoms with Gasteiger partial charge >= 0.3 is 10.1 Å². The smallest absolute Gasteiger partial charge is 0.306 e. The summed E-state index contributed by atoms with van der Waals surface area (Å²) in [7, 11) is -3.90. The van der Waals surface area contributed by atoms with Gasteiger partial charge in [-0.1, -0.05) is 55.5 Å². The summed E-state index contributed by atoms with van der Waals surface area (Å²) in [6.07, 6.45) is 3.06. The maximum Gasteiger partial charge on any atom is 0.306 e. The summed E-state index contributed by atoms with van der Waals surface area (Å²) in [5.74, 6) is -0.125. The van der Waals surface area contributed by atoms with Crippen LogP contribution in [0, 0.1) is 0 Å². The lowest BCUT2D eigenvalue weighted by molar-refractivity contribution is 0.402. The number of hydrogen-bond acceptors (Lipinski definition) is 6. The maximum absolute atomic E-state index is 12.4. The van der Waals surface area contributed by atoms with Gasteiger partial charge in [-0.25, -0.2) is 0 Å². The number of para-hydroxylation sites is 1. The highest BCUT2D eigenvalue weighted by molar-refractivity contribution is 7.86. The molecule has 0 spiro atoms. The molecule has 2 aromatic carbocycles. The van der Waals surface area contributed by atoms with E-state index in [2.05, 4.69) is 0 Å². The average Bonchev–Trinajstić information content (AvgIpc) is 3.05. The Bertz CT molecular complexity index is 1280. The zero-order valence-electron chi connectivity index (χ0n) is 16.7. The summed E-state index contributed by atoms with van der Waals surface area (Å²) < 4.78 is 34.1. The zero-order chi connectivity index (χ0) is 21.4. The van der Waals surface area contributed by atoms with Gasteiger partial charge in [0.15, 0.2) is 5.76 Å². The van der Waals surface area contributed by atoms with E-state index in [1.165, 1.54) is 6.26 Å². The molecule has 0 N–H and O–H groups in total. The van der Waals surface area contributed by atoms with E-state index in [9.17, 15) is 13.2 Å². The highest BCUT2D eigenvalue weighted by atomic mass is 32.2. The standard InChI is InChI=1S/C23H21NO5S/c1-3-23(15-20-21(29-30(2,26)27)19(25)13-14-28-20)17-11-7-8-12-18(17)24-22(23)16-9-5-4-6-10-16/h4-14H,3,15H2,1-2H3/t23-/m1/s1. The van der Waals surface area contributed by atoms with Crippen molar-refractivity contribution in [1.29, 1.82) is 0 Å². The number of rotatable bonds is 6. The summed E-state index contributed by atoms with van der Waals surface area (Å²) in [5, 5.41) is 0. The Morgan fingerprint density at radius 2 is 1.73 bits per heavy atom. The van der Waals surface area contributed by atoms with Gasteiger partial charge in [-0.15, -0.1) is 0 Å². The van der Waals surface area contributed by atoms with E-state index in [-0.39, 0.29) is 17.9 Å². The molecule has 2 heterocycles. The van der Waals surface area contributed by atoms with Gasteiger partial charge in [-0.3, -0.25) is 9.79 Å². The molecule has 0 saturated carbocycles. The largest absolute Gasteiger partial charge is 0.465 e. The Kier molecular flexibility index (Phi) is 5.07. The molecule has 154 valence electrons. The molecule has 0 amide bonds. The average molecular weight is 423 g/mol. The van der Waals surface area contributed by atoms with Crippen molar-refractivity contribution >= 4 is 21.5 Å². The van der Waals surface area contributed by atoms with Gasteiger partial charge in [0.2, 0.25) is 11.2 Å². The molecule has 4 rings (SSSR count). The SMILES string of the molecule is CC[C@]1(Cc2occc(=O)c2OS(C)(=O)=O)C(c2ccccc2)=Nc2ccccc21. The van der Waals surface area contributed by atoms with Crippen molar-refractivity contribution in [3.63, 3.8) is 0 Å². The molecule has 6 nitrogen and oxygen atoms in total. The van der Waals surface area contributed by atoms with Gasteiger partial charge < -0.3 is 8.60 Å². The van der Waals surface area contributed by atoms with Crippen molar-refractivity contribution < 1.29 is 17.0 Å². The van der Waals surface area contributed by atoms with E-state index in [0.29, 0.717) is 6.42 Å². The van der Waals surface area contributed by atoms with E-state index >= 15 is 0 Å². The quantitative estimate of drug-likeness (QED) is 0.559. The molecule has 1 atom stereocenters. The van der Waals surface area contributed by atoms with Crippen molar-refractivity contribution in [3.05, 3.63) is 94.0 Å². The highest BCUT2D eigenvalue weighted by Gasteiger charge is 2.44. The van der Waals surface area contributed by atoms with Crippen LogP contribution in [0.1, 0.15) is 30.2 Å². The number of hydrogen-bond donors (Lipinski definition) is 0. The number of aliphatic imine (C=N–C) groups is 1. The second-order valence-electron chi connectivity index (χ2n) is 7.28. The number of nitrogens with zero attached hydrogens (tertiary/aromatic N) is 1. The third kappa shape index (κ3) is 3.57. The molecular weight excluding hydrogens is 402 g/mol. The van der Waals surface area contributed by atoms with E-state index < -0.39 is 21.0 Å². The second kappa shape index (κ2) is 7.57. The fourth-order valence-electron chi connectivity index (χ4n) is 4.01. The van der Waals surface area contributed by atoms with Crippen LogP contribution >= 0.6 is 0 Å². The van der Waals surface area contributed by atoms with E-state index in [0.717, 1.165) is 34.8 Å². The van der Waals surface area contributed by atoms with E-state index in [4.69, 9.17) is 13.6 Å². The lowest BCUT2D eigenvalue weighted by Gasteiger charge is -2.31. The molecule has 30 heavy (non-hydrogen) atoms. The van der Waals surface area contributed by atoms with Crippen LogP contribution in [0.3, 0.4) is 0 Å². The van der Waals surface area contributed by atoms with E-state index in [1.807, 2.05) is 61.5 Å². The second-order valence-corrected chi connectivity index (χ2v) is 8.86. The molecule has 0 bridgehead atoms. The molecule has 0 fully saturated rings. The Balaban J connectivity index is 1.90. The first-order valence-electron chi connectivity index (χ1n) is 9.58.